The van der Waals surface area contributed by atoms with Crippen molar-refractivity contribution in [3.8, 4) is 0 Å². The first-order chi connectivity index (χ1) is 11.0. The number of hydrogen-bond acceptors (Lipinski definition) is 3. The van der Waals surface area contributed by atoms with Gasteiger partial charge in [-0.1, -0.05) is 42.5 Å². The molecule has 118 valence electrons. The molecule has 0 bridgehead atoms. The second kappa shape index (κ2) is 7.89. The van der Waals surface area contributed by atoms with Gasteiger partial charge in [-0.05, 0) is 29.3 Å². The molecule has 0 heterocycles. The van der Waals surface area contributed by atoms with Crippen LogP contribution in [0.15, 0.2) is 60.3 Å². The zero-order chi connectivity index (χ0) is 16.7. The van der Waals surface area contributed by atoms with Crippen LogP contribution in [0.3, 0.4) is 0 Å². The molecule has 0 unspecified atom stereocenters. The molecule has 1 N–H and O–H groups in total. The number of halogens is 1. The standard InChI is InChI=1S/C18H16FNO3/c1-13(21)20-17(11-14-7-9-16(19)10-8-14)18(22)23-12-15-5-3-2-4-6-15/h2-11H,12H2,1H3,(H,20,21)/b17-11-. The van der Waals surface area contributed by atoms with Crippen molar-refractivity contribution < 1.29 is 18.7 Å². The molecule has 2 aromatic rings. The number of amides is 1. The molecule has 2 aromatic carbocycles. The van der Waals surface area contributed by atoms with Crippen LogP contribution in [0.4, 0.5) is 4.39 Å². The Balaban J connectivity index is 2.12. The average molecular weight is 313 g/mol. The molecule has 2 rings (SSSR count). The average Bonchev–Trinajstić information content (AvgIpc) is 2.54. The minimum atomic E-state index is -0.659. The highest BCUT2D eigenvalue weighted by atomic mass is 19.1. The summed E-state index contributed by atoms with van der Waals surface area (Å²) in [4.78, 5) is 23.4. The lowest BCUT2D eigenvalue weighted by molar-refractivity contribution is -0.141. The second-order valence-corrected chi connectivity index (χ2v) is 4.85. The minimum absolute atomic E-state index is 0.0000364. The van der Waals surface area contributed by atoms with Crippen LogP contribution < -0.4 is 5.32 Å². The van der Waals surface area contributed by atoms with Gasteiger partial charge in [-0.2, -0.15) is 0 Å². The maximum atomic E-state index is 12.9. The van der Waals surface area contributed by atoms with Crippen LogP contribution in [0, 0.1) is 5.82 Å². The van der Waals surface area contributed by atoms with Gasteiger partial charge in [-0.25, -0.2) is 9.18 Å². The molecule has 0 saturated heterocycles. The molecule has 0 saturated carbocycles. The maximum absolute atomic E-state index is 12.9. The zero-order valence-electron chi connectivity index (χ0n) is 12.6. The van der Waals surface area contributed by atoms with Crippen molar-refractivity contribution in [3.63, 3.8) is 0 Å². The topological polar surface area (TPSA) is 55.4 Å². The molecule has 5 heteroatoms. The highest BCUT2D eigenvalue weighted by molar-refractivity contribution is 5.97. The molecule has 4 nitrogen and oxygen atoms in total. The van der Waals surface area contributed by atoms with Crippen LogP contribution in [-0.4, -0.2) is 11.9 Å². The molecule has 0 fully saturated rings. The van der Waals surface area contributed by atoms with Gasteiger partial charge < -0.3 is 10.1 Å². The summed E-state index contributed by atoms with van der Waals surface area (Å²) >= 11 is 0. The Hall–Kier alpha value is -2.95. The Morgan fingerprint density at radius 3 is 2.35 bits per heavy atom. The summed E-state index contributed by atoms with van der Waals surface area (Å²) in [7, 11) is 0. The smallest absolute Gasteiger partial charge is 0.355 e. The van der Waals surface area contributed by atoms with Gasteiger partial charge in [0.05, 0.1) is 0 Å². The van der Waals surface area contributed by atoms with Crippen LogP contribution in [0.2, 0.25) is 0 Å². The summed E-state index contributed by atoms with van der Waals surface area (Å²) < 4.78 is 18.1. The third-order valence-electron chi connectivity index (χ3n) is 2.92. The lowest BCUT2D eigenvalue weighted by Gasteiger charge is -2.09. The lowest BCUT2D eigenvalue weighted by atomic mass is 10.2. The number of carbonyl (C=O) groups is 2. The van der Waals surface area contributed by atoms with Gasteiger partial charge >= 0.3 is 5.97 Å². The number of esters is 1. The molecule has 0 aromatic heterocycles. The van der Waals surface area contributed by atoms with Crippen molar-refractivity contribution in [2.45, 2.75) is 13.5 Å². The maximum Gasteiger partial charge on any atom is 0.355 e. The largest absolute Gasteiger partial charge is 0.456 e. The van der Waals surface area contributed by atoms with Crippen molar-refractivity contribution in [2.75, 3.05) is 0 Å². The van der Waals surface area contributed by atoms with Gasteiger partial charge in [0, 0.05) is 6.92 Å². The van der Waals surface area contributed by atoms with Gasteiger partial charge in [-0.3, -0.25) is 4.79 Å². The van der Waals surface area contributed by atoms with Crippen molar-refractivity contribution in [1.82, 2.24) is 5.32 Å². The van der Waals surface area contributed by atoms with E-state index in [1.165, 1.54) is 37.3 Å². The third kappa shape index (κ3) is 5.39. The molecule has 0 radical (unpaired) electrons. The molecular weight excluding hydrogens is 297 g/mol. The summed E-state index contributed by atoms with van der Waals surface area (Å²) in [5, 5.41) is 2.43. The van der Waals surface area contributed by atoms with Gasteiger partial charge in [0.25, 0.3) is 0 Å². The summed E-state index contributed by atoms with van der Waals surface area (Å²) in [5.41, 5.74) is 1.41. The quantitative estimate of drug-likeness (QED) is 0.682. The third-order valence-corrected chi connectivity index (χ3v) is 2.92. The fourth-order valence-corrected chi connectivity index (χ4v) is 1.86. The molecule has 0 aliphatic carbocycles. The molecule has 23 heavy (non-hydrogen) atoms. The van der Waals surface area contributed by atoms with Crippen molar-refractivity contribution >= 4 is 18.0 Å². The number of hydrogen-bond donors (Lipinski definition) is 1. The normalized spacial score (nSPS) is 11.0. The minimum Gasteiger partial charge on any atom is -0.456 e. The summed E-state index contributed by atoms with van der Waals surface area (Å²) in [5.74, 6) is -1.43. The molecule has 0 spiro atoms. The number of carbonyl (C=O) groups excluding carboxylic acids is 2. The summed E-state index contributed by atoms with van der Waals surface area (Å²) in [6.45, 7) is 1.39. The van der Waals surface area contributed by atoms with E-state index < -0.39 is 11.9 Å². The Morgan fingerprint density at radius 2 is 1.74 bits per heavy atom. The van der Waals surface area contributed by atoms with Crippen molar-refractivity contribution in [1.29, 1.82) is 0 Å². The monoisotopic (exact) mass is 313 g/mol. The first-order valence-corrected chi connectivity index (χ1v) is 7.00. The Morgan fingerprint density at radius 1 is 1.09 bits per heavy atom. The number of nitrogens with one attached hydrogen (secondary N) is 1. The number of benzene rings is 2. The highest BCUT2D eigenvalue weighted by Gasteiger charge is 2.13. The Labute approximate surface area is 133 Å². The summed E-state index contributed by atoms with van der Waals surface area (Å²) in [6, 6.07) is 14.7. The van der Waals surface area contributed by atoms with Gasteiger partial charge in [0.15, 0.2) is 0 Å². The van der Waals surface area contributed by atoms with Crippen molar-refractivity contribution in [3.05, 3.63) is 77.2 Å². The molecule has 1 amide bonds. The predicted molar refractivity (Wildman–Crippen MR) is 84.4 cm³/mol. The van der Waals surface area contributed by atoms with E-state index in [-0.39, 0.29) is 18.1 Å². The summed E-state index contributed by atoms with van der Waals surface area (Å²) in [6.07, 6.45) is 1.44. The van der Waals surface area contributed by atoms with E-state index in [9.17, 15) is 14.0 Å². The fraction of sp³-hybridized carbons (Fsp3) is 0.111. The van der Waals surface area contributed by atoms with Crippen LogP contribution in [0.1, 0.15) is 18.1 Å². The molecule has 0 aliphatic heterocycles. The lowest BCUT2D eigenvalue weighted by Crippen LogP contribution is -2.26. The fourth-order valence-electron chi connectivity index (χ4n) is 1.86. The predicted octanol–water partition coefficient (Wildman–Crippen LogP) is 3.05. The van der Waals surface area contributed by atoms with E-state index in [1.54, 1.807) is 0 Å². The first-order valence-electron chi connectivity index (χ1n) is 7.00. The molecule has 0 aliphatic rings. The van der Waals surface area contributed by atoms with E-state index in [1.807, 2.05) is 30.3 Å². The Kier molecular flexibility index (Phi) is 5.63. The van der Waals surface area contributed by atoms with E-state index in [0.717, 1.165) is 5.56 Å². The van der Waals surface area contributed by atoms with Crippen LogP contribution >= 0.6 is 0 Å². The Bertz CT molecular complexity index is 709. The zero-order valence-corrected chi connectivity index (χ0v) is 12.6. The van der Waals surface area contributed by atoms with Crippen LogP contribution in [0.5, 0.6) is 0 Å². The van der Waals surface area contributed by atoms with E-state index in [0.29, 0.717) is 5.56 Å². The highest BCUT2D eigenvalue weighted by Crippen LogP contribution is 2.10. The number of rotatable bonds is 5. The van der Waals surface area contributed by atoms with Gasteiger partial charge in [-0.15, -0.1) is 0 Å². The van der Waals surface area contributed by atoms with Crippen LogP contribution in [-0.2, 0) is 20.9 Å². The second-order valence-electron chi connectivity index (χ2n) is 4.85. The van der Waals surface area contributed by atoms with E-state index in [2.05, 4.69) is 5.32 Å². The van der Waals surface area contributed by atoms with Crippen LogP contribution in [0.25, 0.3) is 6.08 Å². The SMILES string of the molecule is CC(=O)N/C(=C\c1ccc(F)cc1)C(=O)OCc1ccccc1. The van der Waals surface area contributed by atoms with E-state index in [4.69, 9.17) is 4.74 Å². The number of ether oxygens (including phenoxy) is 1. The molecular formula is C18H16FNO3. The van der Waals surface area contributed by atoms with Crippen molar-refractivity contribution in [2.24, 2.45) is 0 Å². The molecule has 0 atom stereocenters. The van der Waals surface area contributed by atoms with E-state index >= 15 is 0 Å². The van der Waals surface area contributed by atoms with Gasteiger partial charge in [0.2, 0.25) is 5.91 Å². The van der Waals surface area contributed by atoms with Gasteiger partial charge in [0.1, 0.15) is 18.1 Å². The first kappa shape index (κ1) is 16.4.